The first kappa shape index (κ1) is 45.1. The van der Waals surface area contributed by atoms with Crippen LogP contribution in [0, 0.1) is 11.8 Å². The molecule has 0 amide bonds. The van der Waals surface area contributed by atoms with E-state index in [1.807, 2.05) is 13.8 Å². The molecule has 0 aromatic heterocycles. The molecule has 8 atom stereocenters. The summed E-state index contributed by atoms with van der Waals surface area (Å²) in [6.45, 7) is 11.9. The molecule has 8 N–H and O–H groups in total. The van der Waals surface area contributed by atoms with Gasteiger partial charge in [-0.3, -0.25) is 9.59 Å². The average Bonchev–Trinajstić information content (AvgIpc) is 3.14. The van der Waals surface area contributed by atoms with Crippen molar-refractivity contribution in [3.8, 4) is 11.5 Å². The van der Waals surface area contributed by atoms with Crippen LogP contribution in [0.2, 0.25) is 0 Å². The van der Waals surface area contributed by atoms with E-state index in [9.17, 15) is 49.8 Å². The van der Waals surface area contributed by atoms with Crippen LogP contribution in [0.15, 0.2) is 60.7 Å². The van der Waals surface area contributed by atoms with Gasteiger partial charge in [0.2, 0.25) is 0 Å². The second-order valence-electron chi connectivity index (χ2n) is 13.7. The summed E-state index contributed by atoms with van der Waals surface area (Å²) in [6.07, 6.45) is 4.74. The Labute approximate surface area is 326 Å². The van der Waals surface area contributed by atoms with Crippen LogP contribution in [-0.4, -0.2) is 104 Å². The number of fused-ring (bicyclic) bond motifs is 2. The normalized spacial score (nSPS) is 28.6. The number of benzene rings is 2. The van der Waals surface area contributed by atoms with Crippen LogP contribution in [0.3, 0.4) is 0 Å². The number of aliphatic hydroxyl groups is 4. The smallest absolute Gasteiger partial charge is 0.342 e. The van der Waals surface area contributed by atoms with E-state index in [-0.39, 0.29) is 47.3 Å². The average molecular weight is 779 g/mol. The number of esters is 2. The van der Waals surface area contributed by atoms with E-state index in [2.05, 4.69) is 10.6 Å². The molecule has 2 heterocycles. The molecule has 2 aromatic carbocycles. The minimum absolute atomic E-state index is 0.00656. The Balaban J connectivity index is 0.000000300. The van der Waals surface area contributed by atoms with Crippen LogP contribution in [0.25, 0.3) is 12.2 Å². The number of hydrogen-bond acceptors (Lipinski definition) is 14. The van der Waals surface area contributed by atoms with Crippen LogP contribution in [-0.2, 0) is 19.1 Å². The van der Waals surface area contributed by atoms with Gasteiger partial charge in [-0.25, -0.2) is 9.59 Å². The van der Waals surface area contributed by atoms with Crippen molar-refractivity contribution in [2.75, 3.05) is 23.7 Å². The van der Waals surface area contributed by atoms with E-state index in [1.165, 1.54) is 48.6 Å². The Hall–Kier alpha value is -5.28. The molecule has 0 saturated heterocycles. The van der Waals surface area contributed by atoms with Gasteiger partial charge >= 0.3 is 11.9 Å². The quantitative estimate of drug-likeness (QED) is 0.199. The number of aliphatic hydroxyl groups excluding tert-OH is 4. The summed E-state index contributed by atoms with van der Waals surface area (Å²) in [5.74, 6) is -3.67. The number of hydrogen-bond donors (Lipinski definition) is 8. The second kappa shape index (κ2) is 21.1. The Kier molecular flexibility index (Phi) is 17.0. The molecule has 2 aliphatic rings. The van der Waals surface area contributed by atoms with Crippen molar-refractivity contribution in [3.63, 3.8) is 0 Å². The molecule has 0 saturated carbocycles. The van der Waals surface area contributed by atoms with Crippen LogP contribution in [0.4, 0.5) is 11.4 Å². The van der Waals surface area contributed by atoms with Gasteiger partial charge in [-0.2, -0.15) is 0 Å². The number of ether oxygens (including phenoxy) is 2. The number of carbonyl (C=O) groups excluding carboxylic acids is 4. The molecule has 56 heavy (non-hydrogen) atoms. The van der Waals surface area contributed by atoms with Crippen LogP contribution < -0.4 is 10.6 Å². The van der Waals surface area contributed by atoms with Gasteiger partial charge in [0.25, 0.3) is 0 Å². The fourth-order valence-electron chi connectivity index (χ4n) is 5.60. The predicted molar refractivity (Wildman–Crippen MR) is 212 cm³/mol. The van der Waals surface area contributed by atoms with Crippen LogP contribution >= 0.6 is 0 Å². The van der Waals surface area contributed by atoms with Gasteiger partial charge in [-0.05, 0) is 75.9 Å². The fraction of sp³-hybridized carbons (Fsp3) is 0.429. The first-order chi connectivity index (χ1) is 26.5. The molecular formula is C42H54N2O12. The summed E-state index contributed by atoms with van der Waals surface area (Å²) in [5.41, 5.74) is 2.09. The van der Waals surface area contributed by atoms with Crippen molar-refractivity contribution in [2.45, 2.75) is 91.0 Å². The van der Waals surface area contributed by atoms with Crippen LogP contribution in [0.1, 0.15) is 86.2 Å². The Bertz CT molecular complexity index is 1700. The fourth-order valence-corrected chi connectivity index (χ4v) is 5.60. The van der Waals surface area contributed by atoms with E-state index in [1.54, 1.807) is 52.0 Å². The molecule has 0 unspecified atom stereocenters. The third-order valence-corrected chi connectivity index (χ3v) is 9.32. The van der Waals surface area contributed by atoms with Crippen molar-refractivity contribution >= 4 is 47.0 Å². The minimum Gasteiger partial charge on any atom is -0.507 e. The lowest BCUT2D eigenvalue weighted by Gasteiger charge is -2.20. The lowest BCUT2D eigenvalue weighted by Crippen LogP contribution is -2.32. The molecule has 2 aromatic rings. The van der Waals surface area contributed by atoms with E-state index in [0.29, 0.717) is 35.6 Å². The summed E-state index contributed by atoms with van der Waals surface area (Å²) in [4.78, 5) is 49.4. The first-order valence-corrected chi connectivity index (χ1v) is 18.6. The highest BCUT2D eigenvalue weighted by Crippen LogP contribution is 2.31. The van der Waals surface area contributed by atoms with Crippen molar-refractivity contribution in [1.29, 1.82) is 0 Å². The van der Waals surface area contributed by atoms with Crippen molar-refractivity contribution < 1.29 is 59.3 Å². The highest BCUT2D eigenvalue weighted by atomic mass is 16.5. The van der Waals surface area contributed by atoms with Crippen LogP contribution in [0.5, 0.6) is 11.5 Å². The molecule has 0 spiro atoms. The monoisotopic (exact) mass is 778 g/mol. The molecule has 0 bridgehead atoms. The number of ketones is 2. The standard InChI is InChI=1S/2C21H27NO6/c2*1-4-22-15-10-14-6-5-7-16(23)20(26)17(24)9-8-12(2)13(3)28-21(27)19(14)18(25)11-15/h2*5-6,8-13,16,20,22-23,25-26H,4,7H2,1-3H3/b6-5+,9-8+;6-5+,9-8-/t2*12-,13+,16+,20+/m11/s1. The zero-order valence-corrected chi connectivity index (χ0v) is 32.5. The lowest BCUT2D eigenvalue weighted by molar-refractivity contribution is -0.128. The molecule has 14 heteroatoms. The molecule has 0 aliphatic carbocycles. The van der Waals surface area contributed by atoms with Gasteiger partial charge in [0.1, 0.15) is 47.0 Å². The maximum absolute atomic E-state index is 12.7. The van der Waals surface area contributed by atoms with Gasteiger partial charge < -0.3 is 50.7 Å². The van der Waals surface area contributed by atoms with E-state index < -0.39 is 60.1 Å². The molecule has 14 nitrogen and oxygen atoms in total. The summed E-state index contributed by atoms with van der Waals surface area (Å²) in [5, 5.41) is 67.0. The van der Waals surface area contributed by atoms with Crippen molar-refractivity contribution in [3.05, 3.63) is 83.0 Å². The topological polar surface area (TPSA) is 232 Å². The molecule has 2 aliphatic heterocycles. The second-order valence-corrected chi connectivity index (χ2v) is 13.7. The third-order valence-electron chi connectivity index (χ3n) is 9.32. The summed E-state index contributed by atoms with van der Waals surface area (Å²) in [6, 6.07) is 6.27. The van der Waals surface area contributed by atoms with Gasteiger partial charge in [0.05, 0.1) is 12.2 Å². The number of phenolic OH excluding ortho intramolecular Hbond substituents is 2. The number of phenols is 2. The number of aromatic hydroxyl groups is 2. The molecular weight excluding hydrogens is 724 g/mol. The van der Waals surface area contributed by atoms with Gasteiger partial charge in [0.15, 0.2) is 11.6 Å². The van der Waals surface area contributed by atoms with E-state index in [0.717, 1.165) is 0 Å². The predicted octanol–water partition coefficient (Wildman–Crippen LogP) is 4.54. The number of nitrogens with one attached hydrogen (secondary N) is 2. The summed E-state index contributed by atoms with van der Waals surface area (Å²) in [7, 11) is 0. The number of rotatable bonds is 4. The van der Waals surface area contributed by atoms with Gasteiger partial charge in [0, 0.05) is 48.4 Å². The summed E-state index contributed by atoms with van der Waals surface area (Å²) >= 11 is 0. The van der Waals surface area contributed by atoms with Gasteiger partial charge in [-0.1, -0.05) is 50.3 Å². The highest BCUT2D eigenvalue weighted by molar-refractivity contribution is 5.99. The molecule has 4 rings (SSSR count). The largest absolute Gasteiger partial charge is 0.507 e. The highest BCUT2D eigenvalue weighted by Gasteiger charge is 2.27. The Morgan fingerprint density at radius 1 is 0.589 bits per heavy atom. The molecule has 0 fully saturated rings. The first-order valence-electron chi connectivity index (χ1n) is 18.6. The van der Waals surface area contributed by atoms with Crippen molar-refractivity contribution in [2.24, 2.45) is 11.8 Å². The number of carbonyl (C=O) groups is 4. The maximum Gasteiger partial charge on any atom is 0.342 e. The van der Waals surface area contributed by atoms with Crippen molar-refractivity contribution in [1.82, 2.24) is 0 Å². The Morgan fingerprint density at radius 2 is 0.946 bits per heavy atom. The molecule has 304 valence electrons. The maximum atomic E-state index is 12.7. The summed E-state index contributed by atoms with van der Waals surface area (Å²) < 4.78 is 10.9. The SMILES string of the molecule is CCNc1cc(O)c2c(c1)/C=C/C[C@H](O)[C@H](O)C(=O)/C=C/[C@@H](C)[C@H](C)OC2=O.CCNc1cc(O)c2c(c1)/C=C/C[C@H](O)[C@H](O)C(=O)/C=C\[C@@H](C)[C@H](C)OC2=O. The molecule has 0 radical (unpaired) electrons. The third kappa shape index (κ3) is 12.4. The van der Waals surface area contributed by atoms with E-state index >= 15 is 0 Å². The minimum atomic E-state index is -1.55. The number of cyclic esters (lactones) is 2. The van der Waals surface area contributed by atoms with Gasteiger partial charge in [-0.15, -0.1) is 0 Å². The number of anilines is 2. The zero-order chi connectivity index (χ0) is 41.7. The zero-order valence-electron chi connectivity index (χ0n) is 32.5. The lowest BCUT2D eigenvalue weighted by atomic mass is 9.99. The Morgan fingerprint density at radius 3 is 1.29 bits per heavy atom. The van der Waals surface area contributed by atoms with E-state index in [4.69, 9.17) is 9.47 Å².